The number of carbonyl (C=O) groups excluding carboxylic acids is 1. The van der Waals surface area contributed by atoms with Gasteiger partial charge in [-0.2, -0.15) is 0 Å². The second-order valence-electron chi connectivity index (χ2n) is 4.47. The molecule has 0 aliphatic rings. The topological polar surface area (TPSA) is 66.4 Å². The van der Waals surface area contributed by atoms with Crippen LogP contribution in [0.5, 0.6) is 0 Å². The molecule has 1 aromatic rings. The van der Waals surface area contributed by atoms with Crippen molar-refractivity contribution in [2.45, 2.75) is 32.7 Å². The van der Waals surface area contributed by atoms with Crippen LogP contribution in [0.3, 0.4) is 0 Å². The van der Waals surface area contributed by atoms with E-state index in [1.807, 2.05) is 19.9 Å². The number of hydrogen-bond donors (Lipinski definition) is 2. The zero-order valence-corrected chi connectivity index (χ0v) is 10.7. The monoisotopic (exact) mass is 249 g/mol. The molecule has 0 fully saturated rings. The summed E-state index contributed by atoms with van der Waals surface area (Å²) in [5.74, 6) is -1.01. The molecule has 0 saturated heterocycles. The molecule has 0 aliphatic carbocycles. The maximum Gasteiger partial charge on any atom is 0.330 e. The standard InChI is InChI=1S/C14H19NO3/c1-3-10(2)9-12(16)15-13(14(17)18)11-7-5-4-6-8-11/h4-8,10,13H,3,9H2,1-2H3,(H,15,16)(H,17,18)/t10?,13-/m0/s1. The average Bonchev–Trinajstić information content (AvgIpc) is 2.36. The van der Waals surface area contributed by atoms with Crippen LogP contribution in [0.2, 0.25) is 0 Å². The minimum atomic E-state index is -1.04. The highest BCUT2D eigenvalue weighted by molar-refractivity contribution is 5.84. The van der Waals surface area contributed by atoms with E-state index < -0.39 is 12.0 Å². The molecule has 1 aromatic carbocycles. The molecular formula is C14H19NO3. The van der Waals surface area contributed by atoms with Gasteiger partial charge < -0.3 is 10.4 Å². The van der Waals surface area contributed by atoms with E-state index in [0.29, 0.717) is 12.0 Å². The fourth-order valence-corrected chi connectivity index (χ4v) is 1.61. The van der Waals surface area contributed by atoms with Crippen LogP contribution in [0.4, 0.5) is 0 Å². The van der Waals surface area contributed by atoms with Crippen molar-refractivity contribution in [3.63, 3.8) is 0 Å². The van der Waals surface area contributed by atoms with Gasteiger partial charge in [0.1, 0.15) is 0 Å². The summed E-state index contributed by atoms with van der Waals surface area (Å²) in [6, 6.07) is 7.74. The molecule has 0 aliphatic heterocycles. The highest BCUT2D eigenvalue weighted by Gasteiger charge is 2.22. The summed E-state index contributed by atoms with van der Waals surface area (Å²) in [5, 5.41) is 11.7. The van der Waals surface area contributed by atoms with Gasteiger partial charge >= 0.3 is 5.97 Å². The Bertz CT molecular complexity index is 403. The summed E-state index contributed by atoms with van der Waals surface area (Å²) in [5.41, 5.74) is 0.586. The molecule has 0 aromatic heterocycles. The van der Waals surface area contributed by atoms with Crippen molar-refractivity contribution in [2.75, 3.05) is 0 Å². The number of aliphatic carboxylic acids is 1. The Morgan fingerprint density at radius 1 is 1.28 bits per heavy atom. The van der Waals surface area contributed by atoms with Crippen molar-refractivity contribution in [3.8, 4) is 0 Å². The summed E-state index contributed by atoms with van der Waals surface area (Å²) in [6.07, 6.45) is 1.25. The third kappa shape index (κ3) is 4.20. The van der Waals surface area contributed by atoms with E-state index in [-0.39, 0.29) is 11.8 Å². The van der Waals surface area contributed by atoms with Gasteiger partial charge in [-0.05, 0) is 11.5 Å². The first kappa shape index (κ1) is 14.2. The van der Waals surface area contributed by atoms with Crippen LogP contribution < -0.4 is 5.32 Å². The van der Waals surface area contributed by atoms with E-state index >= 15 is 0 Å². The maximum atomic E-state index is 11.7. The van der Waals surface area contributed by atoms with E-state index in [0.717, 1.165) is 6.42 Å². The number of carboxylic acids is 1. The molecule has 0 heterocycles. The highest BCUT2D eigenvalue weighted by atomic mass is 16.4. The van der Waals surface area contributed by atoms with Gasteiger partial charge in [0.05, 0.1) is 0 Å². The fourth-order valence-electron chi connectivity index (χ4n) is 1.61. The van der Waals surface area contributed by atoms with E-state index in [4.69, 9.17) is 5.11 Å². The number of nitrogens with one attached hydrogen (secondary N) is 1. The fraction of sp³-hybridized carbons (Fsp3) is 0.429. The minimum Gasteiger partial charge on any atom is -0.479 e. The SMILES string of the molecule is CCC(C)CC(=O)N[C@H](C(=O)O)c1ccccc1. The van der Waals surface area contributed by atoms with E-state index in [9.17, 15) is 9.59 Å². The lowest BCUT2D eigenvalue weighted by molar-refractivity contribution is -0.142. The van der Waals surface area contributed by atoms with Gasteiger partial charge in [-0.15, -0.1) is 0 Å². The van der Waals surface area contributed by atoms with Crippen molar-refractivity contribution < 1.29 is 14.7 Å². The predicted molar refractivity (Wildman–Crippen MR) is 69.0 cm³/mol. The maximum absolute atomic E-state index is 11.7. The van der Waals surface area contributed by atoms with Crippen LogP contribution in [0, 0.1) is 5.92 Å². The normalized spacial score (nSPS) is 13.7. The summed E-state index contributed by atoms with van der Waals surface area (Å²) in [6.45, 7) is 3.97. The molecule has 2 atom stereocenters. The average molecular weight is 249 g/mol. The quantitative estimate of drug-likeness (QED) is 0.813. The van der Waals surface area contributed by atoms with E-state index in [1.165, 1.54) is 0 Å². The Kier molecular flexibility index (Phi) is 5.36. The van der Waals surface area contributed by atoms with Crippen molar-refractivity contribution in [2.24, 2.45) is 5.92 Å². The van der Waals surface area contributed by atoms with Gasteiger partial charge in [-0.1, -0.05) is 50.6 Å². The van der Waals surface area contributed by atoms with Crippen molar-refractivity contribution >= 4 is 11.9 Å². The van der Waals surface area contributed by atoms with E-state index in [2.05, 4.69) is 5.32 Å². The Morgan fingerprint density at radius 2 is 1.89 bits per heavy atom. The number of benzene rings is 1. The first-order valence-electron chi connectivity index (χ1n) is 6.11. The largest absolute Gasteiger partial charge is 0.479 e. The molecule has 0 saturated carbocycles. The first-order valence-corrected chi connectivity index (χ1v) is 6.11. The second kappa shape index (κ2) is 6.79. The molecule has 2 N–H and O–H groups in total. The zero-order valence-electron chi connectivity index (χ0n) is 10.7. The van der Waals surface area contributed by atoms with Crippen LogP contribution in [-0.4, -0.2) is 17.0 Å². The zero-order chi connectivity index (χ0) is 13.5. The van der Waals surface area contributed by atoms with Crippen LogP contribution in [-0.2, 0) is 9.59 Å². The van der Waals surface area contributed by atoms with E-state index in [1.54, 1.807) is 24.3 Å². The van der Waals surface area contributed by atoms with Gasteiger partial charge in [0.25, 0.3) is 0 Å². The number of rotatable bonds is 6. The van der Waals surface area contributed by atoms with Gasteiger partial charge in [0, 0.05) is 6.42 Å². The summed E-state index contributed by atoms with van der Waals surface area (Å²) < 4.78 is 0. The Labute approximate surface area is 107 Å². The van der Waals surface area contributed by atoms with Crippen LogP contribution in [0.15, 0.2) is 30.3 Å². The lowest BCUT2D eigenvalue weighted by Crippen LogP contribution is -2.34. The highest BCUT2D eigenvalue weighted by Crippen LogP contribution is 2.14. The molecule has 4 heteroatoms. The summed E-state index contributed by atoms with van der Waals surface area (Å²) in [7, 11) is 0. The van der Waals surface area contributed by atoms with Crippen LogP contribution in [0.25, 0.3) is 0 Å². The number of carboxylic acid groups (broad SMARTS) is 1. The molecule has 1 amide bonds. The minimum absolute atomic E-state index is 0.222. The van der Waals surface area contributed by atoms with Crippen molar-refractivity contribution in [1.82, 2.24) is 5.32 Å². The van der Waals surface area contributed by atoms with Gasteiger partial charge in [0.15, 0.2) is 6.04 Å². The van der Waals surface area contributed by atoms with Crippen molar-refractivity contribution in [1.29, 1.82) is 0 Å². The second-order valence-corrected chi connectivity index (χ2v) is 4.47. The number of hydrogen-bond acceptors (Lipinski definition) is 2. The molecule has 0 spiro atoms. The Balaban J connectivity index is 2.71. The molecule has 18 heavy (non-hydrogen) atoms. The third-order valence-corrected chi connectivity index (χ3v) is 2.92. The Hall–Kier alpha value is -1.84. The van der Waals surface area contributed by atoms with Crippen LogP contribution >= 0.6 is 0 Å². The smallest absolute Gasteiger partial charge is 0.330 e. The van der Waals surface area contributed by atoms with Gasteiger partial charge in [-0.25, -0.2) is 4.79 Å². The summed E-state index contributed by atoms with van der Waals surface area (Å²) in [4.78, 5) is 22.9. The Morgan fingerprint density at radius 3 is 2.39 bits per heavy atom. The molecule has 0 bridgehead atoms. The molecule has 1 rings (SSSR count). The molecule has 0 radical (unpaired) electrons. The third-order valence-electron chi connectivity index (χ3n) is 2.92. The molecular weight excluding hydrogens is 230 g/mol. The first-order chi connectivity index (χ1) is 8.54. The van der Waals surface area contributed by atoms with Crippen LogP contribution in [0.1, 0.15) is 38.3 Å². The lowest BCUT2D eigenvalue weighted by atomic mass is 10.0. The molecule has 1 unspecified atom stereocenters. The number of amides is 1. The van der Waals surface area contributed by atoms with Gasteiger partial charge in [-0.3, -0.25) is 4.79 Å². The predicted octanol–water partition coefficient (Wildman–Crippen LogP) is 2.36. The molecule has 4 nitrogen and oxygen atoms in total. The molecule has 98 valence electrons. The van der Waals surface area contributed by atoms with Gasteiger partial charge in [0.2, 0.25) is 5.91 Å². The summed E-state index contributed by atoms with van der Waals surface area (Å²) >= 11 is 0. The lowest BCUT2D eigenvalue weighted by Gasteiger charge is -2.16. The number of carbonyl (C=O) groups is 2. The van der Waals surface area contributed by atoms with Crippen molar-refractivity contribution in [3.05, 3.63) is 35.9 Å².